The molecular weight excluding hydrogens is 148 g/mol. The van der Waals surface area contributed by atoms with Crippen molar-refractivity contribution in [3.05, 3.63) is 23.5 Å². The van der Waals surface area contributed by atoms with Gasteiger partial charge in [0.05, 0.1) is 11.4 Å². The molecule has 2 heteroatoms. The highest BCUT2D eigenvalue weighted by molar-refractivity contribution is 5.02. The number of nitrogens with zero attached hydrogens (tertiary/aromatic N) is 2. The molecule has 0 saturated carbocycles. The van der Waals surface area contributed by atoms with E-state index in [4.69, 9.17) is 0 Å². The fraction of sp³-hybridized carbons (Fsp3) is 0.600. The second-order valence-corrected chi connectivity index (χ2v) is 1.82. The van der Waals surface area contributed by atoms with Crippen molar-refractivity contribution in [3.63, 3.8) is 0 Å². The van der Waals surface area contributed by atoms with Crippen LogP contribution in [0, 0.1) is 13.8 Å². The average Bonchev–Trinajstić information content (AvgIpc) is 2.17. The van der Waals surface area contributed by atoms with E-state index in [1.165, 1.54) is 0 Å². The Labute approximate surface area is 76.0 Å². The second kappa shape index (κ2) is 10.1. The van der Waals surface area contributed by atoms with Crippen molar-refractivity contribution in [2.45, 2.75) is 41.5 Å². The van der Waals surface area contributed by atoms with E-state index in [1.54, 1.807) is 0 Å². The lowest BCUT2D eigenvalue weighted by Crippen LogP contribution is -1.86. The molecule has 0 spiro atoms. The van der Waals surface area contributed by atoms with Crippen LogP contribution in [0.1, 0.15) is 39.1 Å². The Morgan fingerprint density at radius 2 is 1.00 bits per heavy atom. The smallest absolute Gasteiger partial charge is 0.0600 e. The Morgan fingerprint density at radius 1 is 0.750 bits per heavy atom. The van der Waals surface area contributed by atoms with Crippen LogP contribution in [0.5, 0.6) is 0 Å². The molecule has 0 unspecified atom stereocenters. The average molecular weight is 168 g/mol. The molecule has 0 fully saturated rings. The van der Waals surface area contributed by atoms with Crippen molar-refractivity contribution in [3.8, 4) is 0 Å². The first-order valence-corrected chi connectivity index (χ1v) is 4.56. The van der Waals surface area contributed by atoms with Gasteiger partial charge in [-0.2, -0.15) is 10.2 Å². The molecule has 1 aromatic rings. The largest absolute Gasteiger partial charge is 0.156 e. The summed E-state index contributed by atoms with van der Waals surface area (Å²) in [6, 6.07) is 3.89. The lowest BCUT2D eigenvalue weighted by atomic mass is 10.4. The van der Waals surface area contributed by atoms with E-state index in [2.05, 4.69) is 10.2 Å². The quantitative estimate of drug-likeness (QED) is 0.594. The monoisotopic (exact) mass is 168 g/mol. The Kier molecular flexibility index (Phi) is 11.5. The predicted molar refractivity (Wildman–Crippen MR) is 54.2 cm³/mol. The Bertz CT molecular complexity index is 147. The molecule has 1 heterocycles. The van der Waals surface area contributed by atoms with Crippen molar-refractivity contribution < 1.29 is 0 Å². The first-order valence-electron chi connectivity index (χ1n) is 4.56. The van der Waals surface area contributed by atoms with Gasteiger partial charge in [0, 0.05) is 0 Å². The minimum absolute atomic E-state index is 0.968. The number of hydrogen-bond acceptors (Lipinski definition) is 2. The van der Waals surface area contributed by atoms with E-state index in [9.17, 15) is 0 Å². The van der Waals surface area contributed by atoms with Crippen molar-refractivity contribution in [1.29, 1.82) is 0 Å². The number of hydrogen-bond donors (Lipinski definition) is 0. The molecule has 0 aliphatic rings. The van der Waals surface area contributed by atoms with Gasteiger partial charge in [-0.1, -0.05) is 27.7 Å². The number of aromatic nitrogens is 2. The van der Waals surface area contributed by atoms with Crippen LogP contribution in [-0.2, 0) is 0 Å². The minimum Gasteiger partial charge on any atom is -0.156 e. The van der Waals surface area contributed by atoms with E-state index in [1.807, 2.05) is 53.7 Å². The lowest BCUT2D eigenvalue weighted by Gasteiger charge is -1.87. The molecule has 0 atom stereocenters. The third-order valence-electron chi connectivity index (χ3n) is 0.931. The topological polar surface area (TPSA) is 25.8 Å². The standard InChI is InChI=1S/C6H8N2.2C2H6/c1-5-3-4-6(2)8-7-5;2*1-2/h3-4H,1-2H3;2*1-2H3. The van der Waals surface area contributed by atoms with E-state index >= 15 is 0 Å². The predicted octanol–water partition coefficient (Wildman–Crippen LogP) is 3.15. The van der Waals surface area contributed by atoms with Crippen LogP contribution in [0.2, 0.25) is 0 Å². The van der Waals surface area contributed by atoms with Crippen molar-refractivity contribution >= 4 is 0 Å². The van der Waals surface area contributed by atoms with Gasteiger partial charge >= 0.3 is 0 Å². The Morgan fingerprint density at radius 3 is 1.17 bits per heavy atom. The van der Waals surface area contributed by atoms with Crippen LogP contribution in [0.4, 0.5) is 0 Å². The summed E-state index contributed by atoms with van der Waals surface area (Å²) in [5.74, 6) is 0. The van der Waals surface area contributed by atoms with Gasteiger partial charge in [0.25, 0.3) is 0 Å². The van der Waals surface area contributed by atoms with Gasteiger partial charge in [-0.3, -0.25) is 0 Å². The molecule has 1 rings (SSSR count). The van der Waals surface area contributed by atoms with Crippen LogP contribution in [0.15, 0.2) is 12.1 Å². The molecule has 0 bridgehead atoms. The van der Waals surface area contributed by atoms with Gasteiger partial charge in [-0.05, 0) is 26.0 Å². The molecule has 0 aromatic carbocycles. The first kappa shape index (κ1) is 13.7. The van der Waals surface area contributed by atoms with Gasteiger partial charge < -0.3 is 0 Å². The van der Waals surface area contributed by atoms with Crippen LogP contribution in [0.25, 0.3) is 0 Å². The first-order chi connectivity index (χ1) is 5.79. The van der Waals surface area contributed by atoms with Gasteiger partial charge in [-0.15, -0.1) is 0 Å². The lowest BCUT2D eigenvalue weighted by molar-refractivity contribution is 0.941. The summed E-state index contributed by atoms with van der Waals surface area (Å²) < 4.78 is 0. The fourth-order valence-electron chi connectivity index (χ4n) is 0.466. The Balaban J connectivity index is 0. The zero-order valence-electron chi connectivity index (χ0n) is 9.05. The van der Waals surface area contributed by atoms with Crippen molar-refractivity contribution in [2.24, 2.45) is 0 Å². The molecule has 2 nitrogen and oxygen atoms in total. The molecule has 70 valence electrons. The summed E-state index contributed by atoms with van der Waals surface area (Å²) in [5.41, 5.74) is 1.94. The second-order valence-electron chi connectivity index (χ2n) is 1.82. The van der Waals surface area contributed by atoms with E-state index in [0.717, 1.165) is 11.4 Å². The molecule has 0 saturated heterocycles. The summed E-state index contributed by atoms with van der Waals surface area (Å²) in [7, 11) is 0. The summed E-state index contributed by atoms with van der Waals surface area (Å²) in [6.07, 6.45) is 0. The minimum atomic E-state index is 0.968. The molecule has 0 N–H and O–H groups in total. The SMILES string of the molecule is CC.CC.Cc1ccc(C)nn1. The van der Waals surface area contributed by atoms with Crippen LogP contribution < -0.4 is 0 Å². The van der Waals surface area contributed by atoms with Crippen LogP contribution in [-0.4, -0.2) is 10.2 Å². The van der Waals surface area contributed by atoms with Gasteiger partial charge in [0.2, 0.25) is 0 Å². The molecule has 12 heavy (non-hydrogen) atoms. The summed E-state index contributed by atoms with van der Waals surface area (Å²) in [4.78, 5) is 0. The maximum absolute atomic E-state index is 3.83. The molecule has 0 amide bonds. The molecule has 1 aromatic heterocycles. The highest BCUT2D eigenvalue weighted by atomic mass is 15.1. The number of rotatable bonds is 0. The summed E-state index contributed by atoms with van der Waals surface area (Å²) >= 11 is 0. The van der Waals surface area contributed by atoms with E-state index in [0.29, 0.717) is 0 Å². The molecule has 0 radical (unpaired) electrons. The summed E-state index contributed by atoms with van der Waals surface area (Å²) in [5, 5.41) is 7.66. The maximum Gasteiger partial charge on any atom is 0.0600 e. The zero-order valence-corrected chi connectivity index (χ0v) is 9.05. The molecule has 0 aliphatic heterocycles. The molecular formula is C10H20N2. The third kappa shape index (κ3) is 7.19. The van der Waals surface area contributed by atoms with Crippen molar-refractivity contribution in [1.82, 2.24) is 10.2 Å². The van der Waals surface area contributed by atoms with E-state index < -0.39 is 0 Å². The fourth-order valence-corrected chi connectivity index (χ4v) is 0.466. The van der Waals surface area contributed by atoms with Crippen molar-refractivity contribution in [2.75, 3.05) is 0 Å². The van der Waals surface area contributed by atoms with Crippen LogP contribution in [0.3, 0.4) is 0 Å². The molecule has 0 aliphatic carbocycles. The normalized spacial score (nSPS) is 7.17. The third-order valence-corrected chi connectivity index (χ3v) is 0.931. The van der Waals surface area contributed by atoms with E-state index in [-0.39, 0.29) is 0 Å². The Hall–Kier alpha value is -0.920. The van der Waals surface area contributed by atoms with Gasteiger partial charge in [0.15, 0.2) is 0 Å². The highest BCUT2D eigenvalue weighted by Crippen LogP contribution is 1.90. The van der Waals surface area contributed by atoms with Crippen LogP contribution >= 0.6 is 0 Å². The highest BCUT2D eigenvalue weighted by Gasteiger charge is 1.82. The number of aryl methyl sites for hydroxylation is 2. The van der Waals surface area contributed by atoms with Gasteiger partial charge in [-0.25, -0.2) is 0 Å². The zero-order chi connectivity index (χ0) is 9.98. The summed E-state index contributed by atoms with van der Waals surface area (Å²) in [6.45, 7) is 11.8. The maximum atomic E-state index is 3.83. The van der Waals surface area contributed by atoms with Gasteiger partial charge in [0.1, 0.15) is 0 Å².